The van der Waals surface area contributed by atoms with Crippen molar-refractivity contribution in [3.63, 3.8) is 0 Å². The van der Waals surface area contributed by atoms with E-state index in [1.54, 1.807) is 0 Å². The topological polar surface area (TPSA) is 231 Å². The van der Waals surface area contributed by atoms with Crippen molar-refractivity contribution in [2.45, 2.75) is 300 Å². The Hall–Kier alpha value is -2.28. The molecule has 4 unspecified atom stereocenters. The van der Waals surface area contributed by atoms with Crippen molar-refractivity contribution in [1.82, 2.24) is 0 Å². The number of ether oxygens (including phenoxy) is 6. The fraction of sp³-hybridized carbons (Fsp3) is 0.864. The fourth-order valence-electron chi connectivity index (χ4n) is 9.27. The van der Waals surface area contributed by atoms with Gasteiger partial charge in [0, 0.05) is 12.8 Å². The molecule has 432 valence electrons. The number of unbranched alkanes of at least 4 members (excludes halogenated alkanes) is 28. The van der Waals surface area contributed by atoms with Crippen molar-refractivity contribution in [3.05, 3.63) is 36.5 Å². The number of rotatable bonds is 47. The maximum atomic E-state index is 13.1. The summed E-state index contributed by atoms with van der Waals surface area (Å²) in [5.41, 5.74) is 0. The van der Waals surface area contributed by atoms with E-state index in [0.717, 1.165) is 51.4 Å². The summed E-state index contributed by atoms with van der Waals surface area (Å²) >= 11 is 0. The molecule has 0 aromatic rings. The lowest BCUT2D eigenvalue weighted by atomic mass is 9.98. The van der Waals surface area contributed by atoms with Gasteiger partial charge in [-0.3, -0.25) is 9.59 Å². The first-order valence-corrected chi connectivity index (χ1v) is 29.6. The lowest BCUT2D eigenvalue weighted by Gasteiger charge is -2.42. The van der Waals surface area contributed by atoms with Crippen LogP contribution in [0.5, 0.6) is 0 Å². The van der Waals surface area contributed by atoms with Crippen LogP contribution in [0.4, 0.5) is 0 Å². The van der Waals surface area contributed by atoms with E-state index in [1.807, 2.05) is 0 Å². The average molecular weight is 1060 g/mol. The zero-order chi connectivity index (χ0) is 53.9. The molecule has 7 N–H and O–H groups in total. The minimum absolute atomic E-state index is 0.115. The van der Waals surface area contributed by atoms with E-state index in [-0.39, 0.29) is 19.4 Å². The van der Waals surface area contributed by atoms with Crippen LogP contribution in [0.25, 0.3) is 0 Å². The van der Waals surface area contributed by atoms with Crippen LogP contribution in [0.3, 0.4) is 0 Å². The molecule has 0 spiro atoms. The Kier molecular flexibility index (Phi) is 41.9. The molecule has 0 radical (unpaired) electrons. The number of aliphatic hydroxyl groups is 7. The van der Waals surface area contributed by atoms with Crippen molar-refractivity contribution in [1.29, 1.82) is 0 Å². The number of hydrogen-bond donors (Lipinski definition) is 7. The highest BCUT2D eigenvalue weighted by Crippen LogP contribution is 2.27. The Labute approximate surface area is 446 Å². The molecule has 0 amide bonds. The second kappa shape index (κ2) is 45.7. The second-order valence-electron chi connectivity index (χ2n) is 20.8. The Balaban J connectivity index is 1.75. The Morgan fingerprint density at radius 3 is 1.32 bits per heavy atom. The van der Waals surface area contributed by atoms with E-state index in [1.165, 1.54) is 135 Å². The average Bonchev–Trinajstić information content (AvgIpc) is 3.39. The van der Waals surface area contributed by atoms with Crippen LogP contribution >= 0.6 is 0 Å². The van der Waals surface area contributed by atoms with Crippen molar-refractivity contribution in [2.24, 2.45) is 0 Å². The second-order valence-corrected chi connectivity index (χ2v) is 20.8. The molecule has 2 aliphatic rings. The van der Waals surface area contributed by atoms with Gasteiger partial charge in [0.15, 0.2) is 18.7 Å². The monoisotopic (exact) mass is 1050 g/mol. The molecule has 74 heavy (non-hydrogen) atoms. The summed E-state index contributed by atoms with van der Waals surface area (Å²) in [6.07, 6.45) is 34.7. The molecular formula is C59H106O15. The van der Waals surface area contributed by atoms with E-state index in [9.17, 15) is 45.3 Å². The molecule has 15 nitrogen and oxygen atoms in total. The molecule has 0 aromatic carbocycles. The van der Waals surface area contributed by atoms with Gasteiger partial charge in [0.1, 0.15) is 55.4 Å². The van der Waals surface area contributed by atoms with Crippen LogP contribution in [0.1, 0.15) is 232 Å². The quantitative estimate of drug-likeness (QED) is 0.0130. The van der Waals surface area contributed by atoms with Gasteiger partial charge < -0.3 is 64.2 Å². The van der Waals surface area contributed by atoms with Crippen molar-refractivity contribution in [3.8, 4) is 0 Å². The Bertz CT molecular complexity index is 1430. The van der Waals surface area contributed by atoms with Gasteiger partial charge >= 0.3 is 11.9 Å². The van der Waals surface area contributed by atoms with E-state index in [2.05, 4.69) is 50.3 Å². The maximum absolute atomic E-state index is 13.1. The van der Waals surface area contributed by atoms with Crippen LogP contribution in [-0.4, -0.2) is 142 Å². The summed E-state index contributed by atoms with van der Waals surface area (Å²) in [5.74, 6) is -0.973. The van der Waals surface area contributed by atoms with Gasteiger partial charge in [-0.1, -0.05) is 198 Å². The third-order valence-electron chi connectivity index (χ3n) is 14.1. The fourth-order valence-corrected chi connectivity index (χ4v) is 9.27. The molecule has 2 rings (SSSR count). The molecule has 0 saturated carbocycles. The van der Waals surface area contributed by atoms with Gasteiger partial charge in [-0.05, 0) is 57.8 Å². The number of esters is 2. The number of allylic oxidation sites excluding steroid dienone is 6. The molecule has 2 aliphatic heterocycles. The van der Waals surface area contributed by atoms with Gasteiger partial charge in [-0.2, -0.15) is 0 Å². The Morgan fingerprint density at radius 2 is 0.824 bits per heavy atom. The van der Waals surface area contributed by atoms with E-state index < -0.39 is 99.3 Å². The summed E-state index contributed by atoms with van der Waals surface area (Å²) in [6.45, 7) is 2.56. The van der Waals surface area contributed by atoms with Crippen LogP contribution < -0.4 is 0 Å². The predicted octanol–water partition coefficient (Wildman–Crippen LogP) is 10.1. The zero-order valence-corrected chi connectivity index (χ0v) is 46.1. The van der Waals surface area contributed by atoms with Gasteiger partial charge in [-0.15, -0.1) is 0 Å². The highest BCUT2D eigenvalue weighted by Gasteiger charge is 2.47. The zero-order valence-electron chi connectivity index (χ0n) is 46.1. The molecule has 2 saturated heterocycles. The van der Waals surface area contributed by atoms with Crippen molar-refractivity contribution >= 4 is 11.9 Å². The SMILES string of the molecule is CCCCCC/C=C/C=C/CCCCCCCC(=O)OC[C@H](CO[C@H]1O[C@@H](CO[C@H]2O[C@@H](CO)[C@@H](O)C(O)C2O)[C@@H](O)C(O)C1O)OC(=O)CCC/C=C/CCCCCCCCCCCCCCCCCCCC. The lowest BCUT2D eigenvalue weighted by Crippen LogP contribution is -2.61. The van der Waals surface area contributed by atoms with Gasteiger partial charge in [0.05, 0.1) is 19.8 Å². The number of carbonyl (C=O) groups excluding carboxylic acids is 2. The number of carbonyl (C=O) groups is 2. The van der Waals surface area contributed by atoms with Gasteiger partial charge in [0.25, 0.3) is 0 Å². The van der Waals surface area contributed by atoms with Gasteiger partial charge in [-0.25, -0.2) is 0 Å². The largest absolute Gasteiger partial charge is 0.462 e. The predicted molar refractivity (Wildman–Crippen MR) is 289 cm³/mol. The van der Waals surface area contributed by atoms with Crippen LogP contribution in [0.15, 0.2) is 36.5 Å². The smallest absolute Gasteiger partial charge is 0.306 e. The molecule has 2 heterocycles. The molecule has 0 aliphatic carbocycles. The third-order valence-corrected chi connectivity index (χ3v) is 14.1. The van der Waals surface area contributed by atoms with Crippen LogP contribution in [0, 0.1) is 0 Å². The maximum Gasteiger partial charge on any atom is 0.306 e. The Morgan fingerprint density at radius 1 is 0.432 bits per heavy atom. The molecule has 15 heteroatoms. The summed E-state index contributed by atoms with van der Waals surface area (Å²) in [5, 5.41) is 72.3. The first-order valence-electron chi connectivity index (χ1n) is 29.6. The number of hydrogen-bond acceptors (Lipinski definition) is 15. The van der Waals surface area contributed by atoms with Gasteiger partial charge in [0.2, 0.25) is 0 Å². The number of aliphatic hydroxyl groups excluding tert-OH is 7. The highest BCUT2D eigenvalue weighted by atomic mass is 16.7. The normalized spacial score (nSPS) is 24.9. The summed E-state index contributed by atoms with van der Waals surface area (Å²) in [4.78, 5) is 25.9. The van der Waals surface area contributed by atoms with E-state index in [0.29, 0.717) is 19.3 Å². The third kappa shape index (κ3) is 32.5. The summed E-state index contributed by atoms with van der Waals surface area (Å²) in [7, 11) is 0. The molecule has 11 atom stereocenters. The minimum atomic E-state index is -1.77. The minimum Gasteiger partial charge on any atom is -0.462 e. The summed E-state index contributed by atoms with van der Waals surface area (Å²) in [6, 6.07) is 0. The highest BCUT2D eigenvalue weighted by molar-refractivity contribution is 5.70. The molecular weight excluding hydrogens is 949 g/mol. The molecule has 2 fully saturated rings. The van der Waals surface area contributed by atoms with Crippen LogP contribution in [0.2, 0.25) is 0 Å². The summed E-state index contributed by atoms with van der Waals surface area (Å²) < 4.78 is 33.6. The standard InChI is InChI=1S/C59H106O15/c1-3-5-7-9-11-13-15-17-19-20-21-22-23-24-25-26-28-30-32-34-36-38-40-42-51(62)72-47(44-69-50(61)41-39-37-35-33-31-29-27-18-16-14-12-10-8-6-4-2)45-70-58-57(68)55(66)53(64)49(74-58)46-71-59-56(67)54(65)52(63)48(43-60)73-59/h14,16,18,27,34,36,47-49,52-60,63-68H,3-13,15,17,19-26,28-33,35,37-46H2,1-2H3/b16-14+,27-18+,36-34+/t47-,48+,49+,52-,53-,54?,55?,56?,57?,58+,59+/m1/s1. The first kappa shape index (κ1) is 67.8. The first-order chi connectivity index (χ1) is 36.0. The van der Waals surface area contributed by atoms with E-state index in [4.69, 9.17) is 28.4 Å². The van der Waals surface area contributed by atoms with Crippen LogP contribution in [-0.2, 0) is 38.0 Å². The lowest BCUT2D eigenvalue weighted by molar-refractivity contribution is -0.332. The molecule has 0 bridgehead atoms. The van der Waals surface area contributed by atoms with Crippen molar-refractivity contribution in [2.75, 3.05) is 26.4 Å². The van der Waals surface area contributed by atoms with Crippen molar-refractivity contribution < 1.29 is 73.8 Å². The van der Waals surface area contributed by atoms with E-state index >= 15 is 0 Å². The molecule has 0 aromatic heterocycles.